The van der Waals surface area contributed by atoms with Gasteiger partial charge in [-0.3, -0.25) is 10.2 Å². The maximum atomic E-state index is 13.1. The average molecular weight is 503 g/mol. The van der Waals surface area contributed by atoms with E-state index in [1.54, 1.807) is 13.8 Å². The lowest BCUT2D eigenvalue weighted by molar-refractivity contribution is -0.141. The van der Waals surface area contributed by atoms with Gasteiger partial charge in [-0.15, -0.1) is 0 Å². The van der Waals surface area contributed by atoms with Crippen LogP contribution >= 0.6 is 0 Å². The van der Waals surface area contributed by atoms with Crippen LogP contribution in [-0.2, 0) is 12.4 Å². The summed E-state index contributed by atoms with van der Waals surface area (Å²) in [6, 6.07) is 4.86. The first-order chi connectivity index (χ1) is 16.2. The standard InChI is InChI=1S/C20H19F6N7O2/c1-18(2,10-34)9-33(35)17-31-15(12-4-3-5-13(29-12)19(21,22)23)30-16(32-17)28-11-6-7-27-14(8-11)20(24,25)26/h3-8,34-35H,9-10H2,1-2H3,(H,27,28,30,31,32). The molecule has 0 radical (unpaired) electrons. The van der Waals surface area contributed by atoms with Gasteiger partial charge in [-0.1, -0.05) is 19.9 Å². The van der Waals surface area contributed by atoms with Gasteiger partial charge in [0.1, 0.15) is 17.1 Å². The number of hydrogen-bond acceptors (Lipinski definition) is 9. The molecule has 0 unspecified atom stereocenters. The van der Waals surface area contributed by atoms with Crippen molar-refractivity contribution in [2.75, 3.05) is 23.5 Å². The summed E-state index contributed by atoms with van der Waals surface area (Å²) in [4.78, 5) is 18.6. The highest BCUT2D eigenvalue weighted by Gasteiger charge is 2.34. The summed E-state index contributed by atoms with van der Waals surface area (Å²) in [7, 11) is 0. The summed E-state index contributed by atoms with van der Waals surface area (Å²) < 4.78 is 78.3. The van der Waals surface area contributed by atoms with Gasteiger partial charge in [0.05, 0.1) is 6.54 Å². The van der Waals surface area contributed by atoms with Gasteiger partial charge < -0.3 is 10.4 Å². The Balaban J connectivity index is 2.07. The molecule has 3 N–H and O–H groups in total. The van der Waals surface area contributed by atoms with Crippen LogP contribution in [0, 0.1) is 5.41 Å². The van der Waals surface area contributed by atoms with Crippen LogP contribution in [-0.4, -0.2) is 48.4 Å². The highest BCUT2D eigenvalue weighted by molar-refractivity contribution is 5.59. The predicted octanol–water partition coefficient (Wildman–Crippen LogP) is 4.32. The second kappa shape index (κ2) is 9.58. The van der Waals surface area contributed by atoms with Crippen LogP contribution in [0.3, 0.4) is 0 Å². The number of pyridine rings is 2. The zero-order valence-corrected chi connectivity index (χ0v) is 18.2. The molecule has 3 heterocycles. The number of hydrogen-bond donors (Lipinski definition) is 3. The molecular weight excluding hydrogens is 484 g/mol. The minimum Gasteiger partial charge on any atom is -0.396 e. The number of rotatable bonds is 7. The normalized spacial score (nSPS) is 12.5. The summed E-state index contributed by atoms with van der Waals surface area (Å²) in [5.41, 5.74) is -3.72. The number of hydroxylamine groups is 1. The van der Waals surface area contributed by atoms with E-state index in [0.717, 1.165) is 18.3 Å². The fourth-order valence-electron chi connectivity index (χ4n) is 2.69. The molecule has 15 heteroatoms. The molecule has 9 nitrogen and oxygen atoms in total. The summed E-state index contributed by atoms with van der Waals surface area (Å²) in [5.74, 6) is -1.22. The van der Waals surface area contributed by atoms with E-state index >= 15 is 0 Å². The van der Waals surface area contributed by atoms with Crippen molar-refractivity contribution < 1.29 is 36.7 Å². The molecule has 0 aliphatic carbocycles. The van der Waals surface area contributed by atoms with E-state index in [1.807, 2.05) is 0 Å². The lowest BCUT2D eigenvalue weighted by Crippen LogP contribution is -2.35. The Kier molecular flexibility index (Phi) is 7.12. The van der Waals surface area contributed by atoms with Crippen molar-refractivity contribution in [2.45, 2.75) is 26.2 Å². The number of aliphatic hydroxyl groups excluding tert-OH is 1. The zero-order valence-electron chi connectivity index (χ0n) is 18.2. The van der Waals surface area contributed by atoms with Crippen molar-refractivity contribution in [1.29, 1.82) is 0 Å². The molecule has 3 rings (SSSR count). The number of nitrogens with one attached hydrogen (secondary N) is 1. The largest absolute Gasteiger partial charge is 0.433 e. The first kappa shape index (κ1) is 26.0. The van der Waals surface area contributed by atoms with Crippen LogP contribution in [0.5, 0.6) is 0 Å². The molecule has 0 fully saturated rings. The SMILES string of the molecule is CC(C)(CO)CN(O)c1nc(Nc2ccnc(C(F)(F)F)c2)nc(-c2cccc(C(F)(F)F)n2)n1. The summed E-state index contributed by atoms with van der Waals surface area (Å²) in [5, 5.41) is 23.0. The van der Waals surface area contributed by atoms with Crippen LogP contribution in [0.25, 0.3) is 11.5 Å². The minimum atomic E-state index is -4.76. The van der Waals surface area contributed by atoms with Crippen molar-refractivity contribution >= 4 is 17.6 Å². The number of anilines is 3. The van der Waals surface area contributed by atoms with Crippen molar-refractivity contribution in [1.82, 2.24) is 24.9 Å². The van der Waals surface area contributed by atoms with Crippen LogP contribution in [0.4, 0.5) is 43.9 Å². The van der Waals surface area contributed by atoms with E-state index in [4.69, 9.17) is 0 Å². The maximum Gasteiger partial charge on any atom is 0.433 e. The Bertz CT molecular complexity index is 1190. The minimum absolute atomic E-state index is 0.132. The van der Waals surface area contributed by atoms with Gasteiger partial charge in [-0.25, -0.2) is 10.0 Å². The first-order valence-corrected chi connectivity index (χ1v) is 9.86. The van der Waals surface area contributed by atoms with E-state index < -0.39 is 40.9 Å². The molecule has 3 aromatic heterocycles. The van der Waals surface area contributed by atoms with Gasteiger partial charge in [0.15, 0.2) is 5.82 Å². The summed E-state index contributed by atoms with van der Waals surface area (Å²) in [6.07, 6.45) is -8.59. The van der Waals surface area contributed by atoms with E-state index in [0.29, 0.717) is 11.1 Å². The molecule has 0 amide bonds. The van der Waals surface area contributed by atoms with Crippen LogP contribution in [0.1, 0.15) is 25.2 Å². The van der Waals surface area contributed by atoms with Gasteiger partial charge >= 0.3 is 12.4 Å². The molecule has 0 spiro atoms. The summed E-state index contributed by atoms with van der Waals surface area (Å²) in [6.45, 7) is 2.69. The smallest absolute Gasteiger partial charge is 0.396 e. The average Bonchev–Trinajstić information content (AvgIpc) is 2.78. The molecule has 188 valence electrons. The molecule has 0 aliphatic heterocycles. The van der Waals surface area contributed by atoms with Crippen LogP contribution in [0.2, 0.25) is 0 Å². The van der Waals surface area contributed by atoms with E-state index in [9.17, 15) is 36.7 Å². The number of alkyl halides is 6. The Labute approximate surface area is 194 Å². The molecule has 0 aromatic carbocycles. The molecule has 0 bridgehead atoms. The second-order valence-corrected chi connectivity index (χ2v) is 8.12. The third-order valence-corrected chi connectivity index (χ3v) is 4.44. The number of aliphatic hydroxyl groups is 1. The predicted molar refractivity (Wildman–Crippen MR) is 111 cm³/mol. The topological polar surface area (TPSA) is 120 Å². The van der Waals surface area contributed by atoms with Crippen molar-refractivity contribution in [3.63, 3.8) is 0 Å². The number of halogens is 6. The molecule has 3 aromatic rings. The molecule has 0 atom stereocenters. The van der Waals surface area contributed by atoms with E-state index in [1.165, 1.54) is 12.1 Å². The van der Waals surface area contributed by atoms with Gasteiger partial charge in [0.2, 0.25) is 5.95 Å². The Hall–Kier alpha value is -3.59. The highest BCUT2D eigenvalue weighted by atomic mass is 19.4. The summed E-state index contributed by atoms with van der Waals surface area (Å²) >= 11 is 0. The molecule has 0 aliphatic rings. The molecular formula is C20H19F6N7O2. The van der Waals surface area contributed by atoms with Crippen LogP contribution < -0.4 is 10.4 Å². The van der Waals surface area contributed by atoms with E-state index in [-0.39, 0.29) is 30.5 Å². The van der Waals surface area contributed by atoms with Crippen molar-refractivity contribution in [3.05, 3.63) is 47.9 Å². The Morgan fingerprint density at radius 1 is 0.914 bits per heavy atom. The highest BCUT2D eigenvalue weighted by Crippen LogP contribution is 2.31. The third kappa shape index (κ3) is 6.73. The first-order valence-electron chi connectivity index (χ1n) is 9.86. The third-order valence-electron chi connectivity index (χ3n) is 4.44. The van der Waals surface area contributed by atoms with Crippen molar-refractivity contribution in [3.8, 4) is 11.5 Å². The molecule has 35 heavy (non-hydrogen) atoms. The van der Waals surface area contributed by atoms with Gasteiger partial charge in [0.25, 0.3) is 5.95 Å². The molecule has 0 saturated heterocycles. The van der Waals surface area contributed by atoms with E-state index in [2.05, 4.69) is 30.2 Å². The molecule has 0 saturated carbocycles. The quantitative estimate of drug-likeness (QED) is 0.320. The number of aromatic nitrogens is 5. The fourth-order valence-corrected chi connectivity index (χ4v) is 2.69. The fraction of sp³-hybridized carbons (Fsp3) is 0.350. The monoisotopic (exact) mass is 503 g/mol. The lowest BCUT2D eigenvalue weighted by Gasteiger charge is -2.26. The van der Waals surface area contributed by atoms with Gasteiger partial charge in [0, 0.05) is 23.9 Å². The maximum absolute atomic E-state index is 13.1. The zero-order chi connectivity index (χ0) is 26.0. The lowest BCUT2D eigenvalue weighted by atomic mass is 9.95. The van der Waals surface area contributed by atoms with Gasteiger partial charge in [-0.2, -0.15) is 41.3 Å². The Morgan fingerprint density at radius 2 is 1.60 bits per heavy atom. The van der Waals surface area contributed by atoms with Gasteiger partial charge in [-0.05, 0) is 24.3 Å². The number of nitrogens with zero attached hydrogens (tertiary/aromatic N) is 6. The van der Waals surface area contributed by atoms with Crippen LogP contribution in [0.15, 0.2) is 36.5 Å². The Morgan fingerprint density at radius 3 is 2.23 bits per heavy atom. The van der Waals surface area contributed by atoms with Crippen molar-refractivity contribution in [2.24, 2.45) is 5.41 Å². The second-order valence-electron chi connectivity index (χ2n) is 8.12.